The molecule has 0 bridgehead atoms. The van der Waals surface area contributed by atoms with E-state index >= 15 is 0 Å². The van der Waals surface area contributed by atoms with Gasteiger partial charge in [-0.1, -0.05) is 0 Å². The number of aromatic nitrogens is 1. The van der Waals surface area contributed by atoms with E-state index in [9.17, 15) is 13.2 Å². The summed E-state index contributed by atoms with van der Waals surface area (Å²) < 4.78 is 39.2. The Balaban J connectivity index is 2.90. The van der Waals surface area contributed by atoms with Gasteiger partial charge in [-0.2, -0.15) is 0 Å². The summed E-state index contributed by atoms with van der Waals surface area (Å²) >= 11 is 1.83. The van der Waals surface area contributed by atoms with E-state index < -0.39 is 12.1 Å². The number of nitrogens with two attached hydrogens (primary N) is 1. The van der Waals surface area contributed by atoms with Crippen molar-refractivity contribution >= 4 is 28.4 Å². The van der Waals surface area contributed by atoms with Crippen LogP contribution < -0.4 is 10.5 Å². The molecule has 2 N–H and O–H groups in total. The van der Waals surface area contributed by atoms with Gasteiger partial charge in [0, 0.05) is 0 Å². The first-order valence-electron chi connectivity index (χ1n) is 3.06. The lowest BCUT2D eigenvalue weighted by Crippen LogP contribution is -2.18. The van der Waals surface area contributed by atoms with Gasteiger partial charge in [0.2, 0.25) is 0 Å². The second-order valence-electron chi connectivity index (χ2n) is 2.07. The second kappa shape index (κ2) is 3.56. The standard InChI is InChI=1S/C6H4F3IN2O/c7-6(8,9)13-3-1-2-4(10)12-5(3)11/h1-2H,(H2,11,12). The fraction of sp³-hybridized carbons (Fsp3) is 0.167. The maximum Gasteiger partial charge on any atom is 0.573 e. The van der Waals surface area contributed by atoms with Crippen LogP contribution in [0.3, 0.4) is 0 Å². The van der Waals surface area contributed by atoms with Gasteiger partial charge < -0.3 is 10.5 Å². The fourth-order valence-corrected chi connectivity index (χ4v) is 1.09. The molecule has 1 heterocycles. The van der Waals surface area contributed by atoms with Crippen molar-refractivity contribution in [1.82, 2.24) is 4.98 Å². The zero-order valence-electron chi connectivity index (χ0n) is 6.10. The molecule has 1 aromatic rings. The number of hydrogen-bond acceptors (Lipinski definition) is 3. The number of hydrogen-bond donors (Lipinski definition) is 1. The number of ether oxygens (including phenoxy) is 1. The van der Waals surface area contributed by atoms with E-state index in [0.717, 1.165) is 6.07 Å². The van der Waals surface area contributed by atoms with Crippen LogP contribution in [-0.2, 0) is 0 Å². The third-order valence-electron chi connectivity index (χ3n) is 1.08. The quantitative estimate of drug-likeness (QED) is 0.639. The molecule has 1 rings (SSSR count). The van der Waals surface area contributed by atoms with Crippen LogP contribution in [0.4, 0.5) is 19.0 Å². The maximum atomic E-state index is 11.7. The Morgan fingerprint density at radius 2 is 2.00 bits per heavy atom. The van der Waals surface area contributed by atoms with E-state index in [0.29, 0.717) is 3.70 Å². The van der Waals surface area contributed by atoms with Crippen molar-refractivity contribution in [3.63, 3.8) is 0 Å². The lowest BCUT2D eigenvalue weighted by atomic mass is 10.4. The van der Waals surface area contributed by atoms with Crippen LogP contribution >= 0.6 is 22.6 Å². The summed E-state index contributed by atoms with van der Waals surface area (Å²) in [7, 11) is 0. The molecular weight excluding hydrogens is 300 g/mol. The molecule has 13 heavy (non-hydrogen) atoms. The molecule has 0 radical (unpaired) electrons. The third-order valence-corrected chi connectivity index (χ3v) is 1.68. The number of rotatable bonds is 1. The van der Waals surface area contributed by atoms with Gasteiger partial charge in [-0.05, 0) is 34.7 Å². The Labute approximate surface area is 85.2 Å². The normalized spacial score (nSPS) is 11.4. The van der Waals surface area contributed by atoms with Gasteiger partial charge in [0.15, 0.2) is 11.6 Å². The summed E-state index contributed by atoms with van der Waals surface area (Å²) in [6.07, 6.45) is -4.73. The Morgan fingerprint density at radius 1 is 1.38 bits per heavy atom. The number of nitrogen functional groups attached to an aromatic ring is 1. The maximum absolute atomic E-state index is 11.7. The molecule has 0 unspecified atom stereocenters. The SMILES string of the molecule is Nc1nc(I)ccc1OC(F)(F)F. The van der Waals surface area contributed by atoms with Crippen LogP contribution in [0.2, 0.25) is 0 Å². The minimum Gasteiger partial charge on any atom is -0.402 e. The minimum atomic E-state index is -4.73. The predicted molar refractivity (Wildman–Crippen MR) is 48.0 cm³/mol. The van der Waals surface area contributed by atoms with Crippen LogP contribution in [0.25, 0.3) is 0 Å². The van der Waals surface area contributed by atoms with Crippen LogP contribution in [0.5, 0.6) is 5.75 Å². The molecule has 0 fully saturated rings. The monoisotopic (exact) mass is 304 g/mol. The van der Waals surface area contributed by atoms with E-state index in [1.165, 1.54) is 6.07 Å². The van der Waals surface area contributed by atoms with E-state index in [2.05, 4.69) is 9.72 Å². The molecule has 0 saturated heterocycles. The van der Waals surface area contributed by atoms with Gasteiger partial charge in [0.1, 0.15) is 3.70 Å². The zero-order chi connectivity index (χ0) is 10.1. The molecule has 0 saturated carbocycles. The first kappa shape index (κ1) is 10.4. The average Bonchev–Trinajstić information content (AvgIpc) is 1.93. The predicted octanol–water partition coefficient (Wildman–Crippen LogP) is 2.17. The number of pyridine rings is 1. The number of alkyl halides is 3. The van der Waals surface area contributed by atoms with Crippen molar-refractivity contribution < 1.29 is 17.9 Å². The van der Waals surface area contributed by atoms with Crippen molar-refractivity contribution in [3.05, 3.63) is 15.8 Å². The highest BCUT2D eigenvalue weighted by Gasteiger charge is 2.32. The van der Waals surface area contributed by atoms with Gasteiger partial charge in [0.05, 0.1) is 0 Å². The highest BCUT2D eigenvalue weighted by Crippen LogP contribution is 2.27. The average molecular weight is 304 g/mol. The van der Waals surface area contributed by atoms with Crippen molar-refractivity contribution in [2.24, 2.45) is 0 Å². The topological polar surface area (TPSA) is 48.1 Å². The molecule has 7 heteroatoms. The molecule has 72 valence electrons. The second-order valence-corrected chi connectivity index (χ2v) is 3.17. The van der Waals surface area contributed by atoms with Crippen molar-refractivity contribution in [2.45, 2.75) is 6.36 Å². The Morgan fingerprint density at radius 3 is 2.46 bits per heavy atom. The molecule has 0 aliphatic rings. The van der Waals surface area contributed by atoms with Crippen molar-refractivity contribution in [3.8, 4) is 5.75 Å². The molecule has 0 aromatic carbocycles. The molecular formula is C6H4F3IN2O. The van der Waals surface area contributed by atoms with E-state index in [4.69, 9.17) is 5.73 Å². The van der Waals surface area contributed by atoms with E-state index in [-0.39, 0.29) is 5.82 Å². The zero-order valence-corrected chi connectivity index (χ0v) is 8.26. The smallest absolute Gasteiger partial charge is 0.402 e. The summed E-state index contributed by atoms with van der Waals surface area (Å²) in [4.78, 5) is 3.60. The Bertz CT molecular complexity index is 315. The van der Waals surface area contributed by atoms with Crippen molar-refractivity contribution in [2.75, 3.05) is 5.73 Å². The van der Waals surface area contributed by atoms with E-state index in [1.54, 1.807) is 0 Å². The lowest BCUT2D eigenvalue weighted by molar-refractivity contribution is -0.274. The van der Waals surface area contributed by atoms with E-state index in [1.807, 2.05) is 22.6 Å². The van der Waals surface area contributed by atoms with Crippen LogP contribution in [0, 0.1) is 3.70 Å². The van der Waals surface area contributed by atoms with Gasteiger partial charge in [0.25, 0.3) is 0 Å². The van der Waals surface area contributed by atoms with Crippen LogP contribution in [0.1, 0.15) is 0 Å². The van der Waals surface area contributed by atoms with Gasteiger partial charge in [-0.25, -0.2) is 4.98 Å². The number of halogens is 4. The van der Waals surface area contributed by atoms with Gasteiger partial charge >= 0.3 is 6.36 Å². The first-order chi connectivity index (χ1) is 5.88. The summed E-state index contributed by atoms with van der Waals surface area (Å²) in [5, 5.41) is 0. The summed E-state index contributed by atoms with van der Waals surface area (Å²) in [5.74, 6) is -0.753. The largest absolute Gasteiger partial charge is 0.573 e. The summed E-state index contributed by atoms with van der Waals surface area (Å²) in [5.41, 5.74) is 5.19. The Hall–Kier alpha value is -0.730. The van der Waals surface area contributed by atoms with Crippen molar-refractivity contribution in [1.29, 1.82) is 0 Å². The highest BCUT2D eigenvalue weighted by molar-refractivity contribution is 14.1. The molecule has 0 aliphatic carbocycles. The molecule has 1 aromatic heterocycles. The fourth-order valence-electron chi connectivity index (χ4n) is 0.648. The van der Waals surface area contributed by atoms with Crippen LogP contribution in [0.15, 0.2) is 12.1 Å². The minimum absolute atomic E-state index is 0.274. The van der Waals surface area contributed by atoms with Crippen LogP contribution in [-0.4, -0.2) is 11.3 Å². The third kappa shape index (κ3) is 3.25. The molecule has 0 amide bonds. The Kier molecular flexibility index (Phi) is 2.84. The highest BCUT2D eigenvalue weighted by atomic mass is 127. The lowest BCUT2D eigenvalue weighted by Gasteiger charge is -2.09. The van der Waals surface area contributed by atoms with Gasteiger partial charge in [-0.3, -0.25) is 0 Å². The molecule has 3 nitrogen and oxygen atoms in total. The number of nitrogens with zero attached hydrogens (tertiary/aromatic N) is 1. The molecule has 0 spiro atoms. The molecule has 0 aliphatic heterocycles. The van der Waals surface area contributed by atoms with Gasteiger partial charge in [-0.15, -0.1) is 13.2 Å². The number of anilines is 1. The molecule has 0 atom stereocenters. The summed E-state index contributed by atoms with van der Waals surface area (Å²) in [6.45, 7) is 0. The summed E-state index contributed by atoms with van der Waals surface area (Å²) in [6, 6.07) is 2.50. The first-order valence-corrected chi connectivity index (χ1v) is 4.14.